The molecular formula is C20H30N2. The van der Waals surface area contributed by atoms with Gasteiger partial charge in [-0.2, -0.15) is 0 Å². The van der Waals surface area contributed by atoms with Gasteiger partial charge < -0.3 is 10.6 Å². The first-order valence-corrected chi connectivity index (χ1v) is 8.30. The number of anilines is 2. The largest absolute Gasteiger partial charge is 0.385 e. The zero-order chi connectivity index (χ0) is 16.0. The fourth-order valence-electron chi connectivity index (χ4n) is 1.84. The van der Waals surface area contributed by atoms with Gasteiger partial charge in [0, 0.05) is 24.5 Å². The van der Waals surface area contributed by atoms with Crippen LogP contribution in [-0.2, 0) is 0 Å². The molecule has 0 radical (unpaired) electrons. The summed E-state index contributed by atoms with van der Waals surface area (Å²) in [7, 11) is 0. The number of unbranched alkanes of at least 4 members (excludes halogenated alkanes) is 1. The maximum atomic E-state index is 3.35. The third kappa shape index (κ3) is 9.06. The van der Waals surface area contributed by atoms with Crippen molar-refractivity contribution in [3.05, 3.63) is 60.7 Å². The van der Waals surface area contributed by atoms with E-state index < -0.39 is 0 Å². The molecule has 0 heterocycles. The highest BCUT2D eigenvalue weighted by Crippen LogP contribution is 2.06. The summed E-state index contributed by atoms with van der Waals surface area (Å²) in [5, 5.41) is 6.69. The Hall–Kier alpha value is -1.96. The van der Waals surface area contributed by atoms with Crippen molar-refractivity contribution in [1.82, 2.24) is 0 Å². The molecule has 0 unspecified atom stereocenters. The molecule has 0 saturated carbocycles. The van der Waals surface area contributed by atoms with Gasteiger partial charge in [0.2, 0.25) is 0 Å². The van der Waals surface area contributed by atoms with Crippen molar-refractivity contribution in [2.75, 3.05) is 23.7 Å². The lowest BCUT2D eigenvalue weighted by Crippen LogP contribution is -2.07. The summed E-state index contributed by atoms with van der Waals surface area (Å²) in [6, 6.07) is 20.6. The molecule has 0 atom stereocenters. The van der Waals surface area contributed by atoms with E-state index in [0.29, 0.717) is 5.92 Å². The van der Waals surface area contributed by atoms with Crippen LogP contribution in [0.15, 0.2) is 60.7 Å². The van der Waals surface area contributed by atoms with Crippen LogP contribution in [0, 0.1) is 5.92 Å². The van der Waals surface area contributed by atoms with Crippen LogP contribution in [0.25, 0.3) is 0 Å². The van der Waals surface area contributed by atoms with E-state index in [0.717, 1.165) is 13.1 Å². The normalized spacial score (nSPS) is 9.82. The van der Waals surface area contributed by atoms with E-state index in [9.17, 15) is 0 Å². The summed E-state index contributed by atoms with van der Waals surface area (Å²) in [5.74, 6) is 0.704. The van der Waals surface area contributed by atoms with Gasteiger partial charge in [-0.05, 0) is 36.6 Å². The van der Waals surface area contributed by atoms with E-state index in [1.54, 1.807) is 0 Å². The average Bonchev–Trinajstić information content (AvgIpc) is 2.56. The molecule has 0 aliphatic rings. The number of benzene rings is 2. The molecule has 2 heteroatoms. The third-order valence-corrected chi connectivity index (χ3v) is 3.12. The Morgan fingerprint density at radius 3 is 1.73 bits per heavy atom. The van der Waals surface area contributed by atoms with Crippen molar-refractivity contribution in [2.24, 2.45) is 5.92 Å². The summed E-state index contributed by atoms with van der Waals surface area (Å²) in [6.45, 7) is 8.74. The molecular weight excluding hydrogens is 268 g/mol. The molecule has 2 aromatic carbocycles. The maximum Gasteiger partial charge on any atom is 0.0340 e. The van der Waals surface area contributed by atoms with Crippen LogP contribution in [0.5, 0.6) is 0 Å². The molecule has 120 valence electrons. The smallest absolute Gasteiger partial charge is 0.0340 e. The lowest BCUT2D eigenvalue weighted by molar-refractivity contribution is 0.689. The molecule has 22 heavy (non-hydrogen) atoms. The quantitative estimate of drug-likeness (QED) is 0.645. The van der Waals surface area contributed by atoms with Crippen LogP contribution in [0.1, 0.15) is 33.6 Å². The maximum absolute atomic E-state index is 3.35. The SMILES string of the molecule is CC(C)CNc1ccccc1.CCCCNc1ccccc1. The number of nitrogens with one attached hydrogen (secondary N) is 2. The lowest BCUT2D eigenvalue weighted by atomic mass is 10.2. The van der Waals surface area contributed by atoms with E-state index >= 15 is 0 Å². The van der Waals surface area contributed by atoms with Crippen molar-refractivity contribution in [3.8, 4) is 0 Å². The van der Waals surface area contributed by atoms with Crippen molar-refractivity contribution in [3.63, 3.8) is 0 Å². The molecule has 0 aliphatic heterocycles. The number of para-hydroxylation sites is 2. The zero-order valence-corrected chi connectivity index (χ0v) is 14.2. The van der Waals surface area contributed by atoms with Gasteiger partial charge in [0.25, 0.3) is 0 Å². The van der Waals surface area contributed by atoms with Crippen LogP contribution in [0.4, 0.5) is 11.4 Å². The van der Waals surface area contributed by atoms with Gasteiger partial charge in [-0.1, -0.05) is 63.6 Å². The first-order valence-electron chi connectivity index (χ1n) is 8.30. The second kappa shape index (κ2) is 11.7. The van der Waals surface area contributed by atoms with Crippen molar-refractivity contribution in [2.45, 2.75) is 33.6 Å². The molecule has 0 fully saturated rings. The Morgan fingerprint density at radius 1 is 0.773 bits per heavy atom. The minimum Gasteiger partial charge on any atom is -0.385 e. The summed E-state index contributed by atoms with van der Waals surface area (Å²) < 4.78 is 0. The molecule has 2 aromatic rings. The van der Waals surface area contributed by atoms with Gasteiger partial charge in [0.15, 0.2) is 0 Å². The number of hydrogen-bond donors (Lipinski definition) is 2. The third-order valence-electron chi connectivity index (χ3n) is 3.12. The van der Waals surface area contributed by atoms with Crippen LogP contribution < -0.4 is 10.6 Å². The Kier molecular flexibility index (Phi) is 9.60. The fraction of sp³-hybridized carbons (Fsp3) is 0.400. The van der Waals surface area contributed by atoms with Gasteiger partial charge in [-0.3, -0.25) is 0 Å². The lowest BCUT2D eigenvalue weighted by Gasteiger charge is -2.07. The van der Waals surface area contributed by atoms with Gasteiger partial charge in [-0.25, -0.2) is 0 Å². The van der Waals surface area contributed by atoms with Gasteiger partial charge in [-0.15, -0.1) is 0 Å². The van der Waals surface area contributed by atoms with Crippen molar-refractivity contribution >= 4 is 11.4 Å². The first-order chi connectivity index (χ1) is 10.7. The monoisotopic (exact) mass is 298 g/mol. The molecule has 2 N–H and O–H groups in total. The predicted molar refractivity (Wildman–Crippen MR) is 99.6 cm³/mol. The second-order valence-corrected chi connectivity index (χ2v) is 5.79. The van der Waals surface area contributed by atoms with E-state index in [2.05, 4.69) is 55.7 Å². The van der Waals surface area contributed by atoms with Crippen molar-refractivity contribution < 1.29 is 0 Å². The van der Waals surface area contributed by atoms with Gasteiger partial charge >= 0.3 is 0 Å². The second-order valence-electron chi connectivity index (χ2n) is 5.79. The minimum atomic E-state index is 0.704. The molecule has 0 saturated heterocycles. The Morgan fingerprint density at radius 2 is 1.27 bits per heavy atom. The summed E-state index contributed by atoms with van der Waals surface area (Å²) in [6.07, 6.45) is 2.49. The average molecular weight is 298 g/mol. The highest BCUT2D eigenvalue weighted by atomic mass is 14.9. The molecule has 0 bridgehead atoms. The van der Waals surface area contributed by atoms with Crippen LogP contribution in [0.3, 0.4) is 0 Å². The molecule has 0 aliphatic carbocycles. The van der Waals surface area contributed by atoms with Crippen molar-refractivity contribution in [1.29, 1.82) is 0 Å². The highest BCUT2D eigenvalue weighted by molar-refractivity contribution is 5.42. The van der Waals surface area contributed by atoms with E-state index in [-0.39, 0.29) is 0 Å². The molecule has 2 nitrogen and oxygen atoms in total. The standard InChI is InChI=1S/2C10H15N/c1-9(2)8-11-10-6-4-3-5-7-10;1-2-3-9-11-10-7-5-4-6-8-10/h3-7,9,11H,8H2,1-2H3;4-8,11H,2-3,9H2,1H3. The Balaban J connectivity index is 0.000000220. The summed E-state index contributed by atoms with van der Waals surface area (Å²) in [5.41, 5.74) is 2.43. The molecule has 0 aromatic heterocycles. The van der Waals surface area contributed by atoms with Crippen LogP contribution >= 0.6 is 0 Å². The number of hydrogen-bond acceptors (Lipinski definition) is 2. The van der Waals surface area contributed by atoms with Crippen LogP contribution in [0.2, 0.25) is 0 Å². The van der Waals surface area contributed by atoms with E-state index in [1.165, 1.54) is 24.2 Å². The Bertz CT molecular complexity index is 466. The minimum absolute atomic E-state index is 0.704. The molecule has 0 spiro atoms. The van der Waals surface area contributed by atoms with Crippen LogP contribution in [-0.4, -0.2) is 13.1 Å². The zero-order valence-electron chi connectivity index (χ0n) is 14.2. The fourth-order valence-corrected chi connectivity index (χ4v) is 1.84. The number of rotatable bonds is 7. The van der Waals surface area contributed by atoms with Gasteiger partial charge in [0.05, 0.1) is 0 Å². The topological polar surface area (TPSA) is 24.1 Å². The highest BCUT2D eigenvalue weighted by Gasteiger charge is 1.92. The van der Waals surface area contributed by atoms with E-state index in [1.807, 2.05) is 36.4 Å². The van der Waals surface area contributed by atoms with Gasteiger partial charge in [0.1, 0.15) is 0 Å². The summed E-state index contributed by atoms with van der Waals surface area (Å²) in [4.78, 5) is 0. The van der Waals surface area contributed by atoms with E-state index in [4.69, 9.17) is 0 Å². The molecule has 2 rings (SSSR count). The summed E-state index contributed by atoms with van der Waals surface area (Å²) >= 11 is 0. The predicted octanol–water partition coefficient (Wildman–Crippen LogP) is 5.65. The molecule has 0 amide bonds. The first kappa shape index (κ1) is 18.1. The Labute approximate surface area is 136 Å².